The molecule has 0 bridgehead atoms. The van der Waals surface area contributed by atoms with Crippen molar-refractivity contribution in [2.75, 3.05) is 0 Å². The van der Waals surface area contributed by atoms with E-state index in [1.54, 1.807) is 0 Å². The molecule has 0 fully saturated rings. The molecular weight excluding hydrogens is 264 g/mol. The van der Waals surface area contributed by atoms with Gasteiger partial charge >= 0.3 is 0 Å². The average Bonchev–Trinajstić information content (AvgIpc) is 2.99. The van der Waals surface area contributed by atoms with E-state index in [0.29, 0.717) is 0 Å². The van der Waals surface area contributed by atoms with Gasteiger partial charge in [0.15, 0.2) is 5.65 Å². The van der Waals surface area contributed by atoms with Crippen molar-refractivity contribution in [3.05, 3.63) is 47.2 Å². The molecule has 0 unspecified atom stereocenters. The fourth-order valence-electron chi connectivity index (χ4n) is 2.50. The van der Waals surface area contributed by atoms with Gasteiger partial charge in [-0.1, -0.05) is 6.92 Å². The topological polar surface area (TPSA) is 60.0 Å². The number of nitrogens with zero attached hydrogens (tertiary/aromatic N) is 5. The first-order valence-electron chi connectivity index (χ1n) is 7.18. The lowest BCUT2D eigenvalue weighted by molar-refractivity contribution is 0.681. The second-order valence-electron chi connectivity index (χ2n) is 5.28. The summed E-state index contributed by atoms with van der Waals surface area (Å²) >= 11 is 0. The zero-order chi connectivity index (χ0) is 14.8. The van der Waals surface area contributed by atoms with Gasteiger partial charge in [-0.25, -0.2) is 9.50 Å². The number of aromatic nitrogens is 5. The van der Waals surface area contributed by atoms with Gasteiger partial charge in [-0.15, -0.1) is 0 Å². The third-order valence-corrected chi connectivity index (χ3v) is 3.46. The van der Waals surface area contributed by atoms with E-state index in [9.17, 15) is 0 Å². The van der Waals surface area contributed by atoms with Gasteiger partial charge in [0.1, 0.15) is 0 Å². The molecule has 0 aliphatic carbocycles. The van der Waals surface area contributed by atoms with E-state index < -0.39 is 0 Å². The third-order valence-electron chi connectivity index (χ3n) is 3.46. The van der Waals surface area contributed by atoms with Crippen molar-refractivity contribution in [2.45, 2.75) is 33.4 Å². The molecule has 0 saturated heterocycles. The van der Waals surface area contributed by atoms with Crippen LogP contribution in [-0.4, -0.2) is 24.4 Å². The fourth-order valence-corrected chi connectivity index (χ4v) is 2.50. The normalized spacial score (nSPS) is 11.4. The highest BCUT2D eigenvalue weighted by Gasteiger charge is 2.06. The molecule has 3 heterocycles. The summed E-state index contributed by atoms with van der Waals surface area (Å²) in [6, 6.07) is 1.97. The summed E-state index contributed by atoms with van der Waals surface area (Å²) in [6.07, 6.45) is 6.95. The van der Waals surface area contributed by atoms with E-state index in [4.69, 9.17) is 0 Å². The molecule has 110 valence electrons. The molecule has 0 aromatic carbocycles. The highest BCUT2D eigenvalue weighted by Crippen LogP contribution is 2.08. The third kappa shape index (κ3) is 2.95. The second-order valence-corrected chi connectivity index (χ2v) is 5.28. The summed E-state index contributed by atoms with van der Waals surface area (Å²) in [5.41, 5.74) is 5.39. The van der Waals surface area contributed by atoms with Crippen LogP contribution in [-0.2, 0) is 26.6 Å². The van der Waals surface area contributed by atoms with Crippen molar-refractivity contribution in [1.82, 2.24) is 29.7 Å². The molecule has 0 amide bonds. The van der Waals surface area contributed by atoms with E-state index >= 15 is 0 Å². The Bertz CT molecular complexity index is 755. The van der Waals surface area contributed by atoms with Gasteiger partial charge in [-0.3, -0.25) is 4.68 Å². The van der Waals surface area contributed by atoms with Gasteiger partial charge in [0.25, 0.3) is 0 Å². The van der Waals surface area contributed by atoms with Crippen molar-refractivity contribution in [3.63, 3.8) is 0 Å². The van der Waals surface area contributed by atoms with Crippen molar-refractivity contribution in [2.24, 2.45) is 7.05 Å². The Hall–Kier alpha value is -2.21. The molecule has 6 heteroatoms. The van der Waals surface area contributed by atoms with Crippen LogP contribution < -0.4 is 5.32 Å². The Balaban J connectivity index is 1.65. The van der Waals surface area contributed by atoms with Gasteiger partial charge in [0, 0.05) is 55.9 Å². The van der Waals surface area contributed by atoms with Gasteiger partial charge in [-0.05, 0) is 13.3 Å². The number of fused-ring (bicyclic) bond motifs is 1. The highest BCUT2D eigenvalue weighted by molar-refractivity contribution is 5.38. The molecule has 6 nitrogen and oxygen atoms in total. The first kappa shape index (κ1) is 13.8. The van der Waals surface area contributed by atoms with Crippen molar-refractivity contribution in [1.29, 1.82) is 0 Å². The summed E-state index contributed by atoms with van der Waals surface area (Å²) in [7, 11) is 1.96. The Labute approximate surface area is 123 Å². The average molecular weight is 284 g/mol. The number of hydrogen-bond donors (Lipinski definition) is 1. The maximum Gasteiger partial charge on any atom is 0.155 e. The summed E-state index contributed by atoms with van der Waals surface area (Å²) in [4.78, 5) is 4.41. The molecule has 0 aliphatic rings. The number of nitrogens with one attached hydrogen (secondary N) is 1. The van der Waals surface area contributed by atoms with Gasteiger partial charge in [0.2, 0.25) is 0 Å². The Kier molecular flexibility index (Phi) is 3.70. The lowest BCUT2D eigenvalue weighted by Gasteiger charge is -2.05. The maximum absolute atomic E-state index is 4.45. The quantitative estimate of drug-likeness (QED) is 0.773. The van der Waals surface area contributed by atoms with Crippen LogP contribution in [0, 0.1) is 6.92 Å². The van der Waals surface area contributed by atoms with E-state index in [2.05, 4.69) is 33.6 Å². The van der Waals surface area contributed by atoms with E-state index in [1.165, 1.54) is 5.56 Å². The minimum absolute atomic E-state index is 0.764. The minimum Gasteiger partial charge on any atom is -0.308 e. The van der Waals surface area contributed by atoms with Crippen LogP contribution in [0.15, 0.2) is 24.7 Å². The second kappa shape index (κ2) is 5.65. The van der Waals surface area contributed by atoms with Crippen molar-refractivity contribution >= 4 is 5.65 Å². The predicted octanol–water partition coefficient (Wildman–Crippen LogP) is 1.62. The lowest BCUT2D eigenvalue weighted by Crippen LogP contribution is -2.14. The monoisotopic (exact) mass is 284 g/mol. The lowest BCUT2D eigenvalue weighted by atomic mass is 10.2. The molecule has 0 aliphatic heterocycles. The van der Waals surface area contributed by atoms with Crippen molar-refractivity contribution < 1.29 is 0 Å². The largest absolute Gasteiger partial charge is 0.308 e. The number of aryl methyl sites for hydroxylation is 3. The van der Waals surface area contributed by atoms with Crippen LogP contribution in [0.5, 0.6) is 0 Å². The molecule has 0 spiro atoms. The predicted molar refractivity (Wildman–Crippen MR) is 80.9 cm³/mol. The van der Waals surface area contributed by atoms with Crippen LogP contribution in [0.4, 0.5) is 0 Å². The van der Waals surface area contributed by atoms with Crippen LogP contribution in [0.3, 0.4) is 0 Å². The van der Waals surface area contributed by atoms with Crippen LogP contribution in [0.25, 0.3) is 5.65 Å². The zero-order valence-electron chi connectivity index (χ0n) is 12.7. The molecule has 0 saturated carbocycles. The number of hydrogen-bond acceptors (Lipinski definition) is 4. The molecule has 3 rings (SSSR count). The molecule has 21 heavy (non-hydrogen) atoms. The first-order chi connectivity index (χ1) is 10.2. The molecule has 3 aromatic rings. The fraction of sp³-hybridized carbons (Fsp3) is 0.400. The van der Waals surface area contributed by atoms with Crippen LogP contribution in [0.2, 0.25) is 0 Å². The molecular formula is C15H20N6. The standard InChI is InChI=1S/C15H20N6/c1-4-14-13(10-20(3)19-14)8-16-6-12-7-17-15-5-11(2)18-21(15)9-12/h5,7,9-10,16H,4,6,8H2,1-3H3. The van der Waals surface area contributed by atoms with Gasteiger partial charge in [0.05, 0.1) is 11.4 Å². The Morgan fingerprint density at radius 2 is 2.05 bits per heavy atom. The maximum atomic E-state index is 4.45. The van der Waals surface area contributed by atoms with Crippen molar-refractivity contribution in [3.8, 4) is 0 Å². The molecule has 3 aromatic heterocycles. The van der Waals surface area contributed by atoms with Crippen LogP contribution in [0.1, 0.15) is 29.4 Å². The van der Waals surface area contributed by atoms with Gasteiger partial charge < -0.3 is 5.32 Å². The van der Waals surface area contributed by atoms with Gasteiger partial charge in [-0.2, -0.15) is 10.2 Å². The Morgan fingerprint density at radius 1 is 1.19 bits per heavy atom. The molecule has 0 atom stereocenters. The smallest absolute Gasteiger partial charge is 0.155 e. The summed E-state index contributed by atoms with van der Waals surface area (Å²) in [6.45, 7) is 5.68. The van der Waals surface area contributed by atoms with E-state index in [0.717, 1.165) is 42.1 Å². The number of rotatable bonds is 5. The summed E-state index contributed by atoms with van der Waals surface area (Å²) in [5, 5.41) is 12.3. The first-order valence-corrected chi connectivity index (χ1v) is 7.18. The summed E-state index contributed by atoms with van der Waals surface area (Å²) < 4.78 is 3.70. The minimum atomic E-state index is 0.764. The van der Waals surface area contributed by atoms with Crippen LogP contribution >= 0.6 is 0 Å². The molecule has 0 radical (unpaired) electrons. The highest BCUT2D eigenvalue weighted by atomic mass is 15.3. The van der Waals surface area contributed by atoms with E-state index in [-0.39, 0.29) is 0 Å². The molecule has 1 N–H and O–H groups in total. The Morgan fingerprint density at radius 3 is 2.86 bits per heavy atom. The van der Waals surface area contributed by atoms with E-state index in [1.807, 2.05) is 41.6 Å². The summed E-state index contributed by atoms with van der Waals surface area (Å²) in [5.74, 6) is 0. The zero-order valence-corrected chi connectivity index (χ0v) is 12.7. The SMILES string of the molecule is CCc1nn(C)cc1CNCc1cnc2cc(C)nn2c1.